The minimum Gasteiger partial charge on any atom is -0.494 e. The maximum atomic E-state index is 13.7. The molecule has 0 saturated heterocycles. The molecule has 2 aromatic heterocycles. The molecule has 190 valence electrons. The molecule has 1 N–H and O–H groups in total. The largest absolute Gasteiger partial charge is 0.494 e. The van der Waals surface area contributed by atoms with Gasteiger partial charge >= 0.3 is 0 Å². The highest BCUT2D eigenvalue weighted by Gasteiger charge is 2.17. The number of benzene rings is 2. The van der Waals surface area contributed by atoms with Gasteiger partial charge in [-0.15, -0.1) is 0 Å². The van der Waals surface area contributed by atoms with Gasteiger partial charge in [-0.1, -0.05) is 0 Å². The number of aromatic nitrogens is 3. The lowest BCUT2D eigenvalue weighted by Gasteiger charge is -2.12. The van der Waals surface area contributed by atoms with Crippen molar-refractivity contribution in [1.29, 1.82) is 0 Å². The van der Waals surface area contributed by atoms with Crippen molar-refractivity contribution >= 4 is 11.6 Å². The molecule has 0 aliphatic heterocycles. The molecule has 0 radical (unpaired) electrons. The minimum absolute atomic E-state index is 0.00493. The van der Waals surface area contributed by atoms with Gasteiger partial charge in [-0.2, -0.15) is 0 Å². The molecule has 37 heavy (non-hydrogen) atoms. The molecule has 0 saturated carbocycles. The van der Waals surface area contributed by atoms with E-state index >= 15 is 0 Å². The van der Waals surface area contributed by atoms with Crippen LogP contribution in [-0.2, 0) is 6.61 Å². The normalized spacial score (nSPS) is 10.7. The lowest BCUT2D eigenvalue weighted by Crippen LogP contribution is -2.08. The Morgan fingerprint density at radius 2 is 1.68 bits per heavy atom. The number of methoxy groups -OCH3 is 2. The Bertz CT molecular complexity index is 1420. The fourth-order valence-electron chi connectivity index (χ4n) is 3.74. The van der Waals surface area contributed by atoms with Gasteiger partial charge in [-0.25, -0.2) is 14.4 Å². The average molecular weight is 504 g/mol. The van der Waals surface area contributed by atoms with Gasteiger partial charge in [-0.05, 0) is 61.0 Å². The van der Waals surface area contributed by atoms with E-state index in [2.05, 4.69) is 15.0 Å². The van der Waals surface area contributed by atoms with Crippen LogP contribution >= 0.6 is 0 Å². The van der Waals surface area contributed by atoms with Crippen LogP contribution in [0.1, 0.15) is 44.9 Å². The number of ketones is 2. The summed E-state index contributed by atoms with van der Waals surface area (Å²) in [6.45, 7) is 1.92. The third kappa shape index (κ3) is 6.00. The summed E-state index contributed by atoms with van der Waals surface area (Å²) in [5.41, 5.74) is 2.92. The molecule has 4 aromatic rings. The van der Waals surface area contributed by atoms with Crippen molar-refractivity contribution in [2.75, 3.05) is 14.2 Å². The van der Waals surface area contributed by atoms with Gasteiger partial charge in [0.05, 0.1) is 32.4 Å². The van der Waals surface area contributed by atoms with Crippen molar-refractivity contribution in [2.45, 2.75) is 26.4 Å². The van der Waals surface area contributed by atoms with E-state index in [1.54, 1.807) is 61.9 Å². The van der Waals surface area contributed by atoms with Crippen LogP contribution in [0, 0.1) is 12.7 Å². The van der Waals surface area contributed by atoms with E-state index in [-0.39, 0.29) is 42.5 Å². The number of ether oxygens (including phenoxy) is 3. The van der Waals surface area contributed by atoms with Crippen molar-refractivity contribution in [3.05, 3.63) is 89.4 Å². The number of aromatic amines is 1. The van der Waals surface area contributed by atoms with E-state index in [0.717, 1.165) is 5.69 Å². The predicted molar refractivity (Wildman–Crippen MR) is 135 cm³/mol. The Labute approximate surface area is 213 Å². The van der Waals surface area contributed by atoms with Crippen LogP contribution in [0.5, 0.6) is 17.2 Å². The number of pyridine rings is 1. The lowest BCUT2D eigenvalue weighted by molar-refractivity contribution is 0.0915. The Morgan fingerprint density at radius 3 is 2.38 bits per heavy atom. The molecule has 0 spiro atoms. The topological polar surface area (TPSA) is 103 Å². The summed E-state index contributed by atoms with van der Waals surface area (Å²) in [5.74, 6) is 0.517. The summed E-state index contributed by atoms with van der Waals surface area (Å²) in [5, 5.41) is 0. The van der Waals surface area contributed by atoms with E-state index in [9.17, 15) is 14.0 Å². The number of nitrogens with zero attached hydrogens (tertiary/aromatic N) is 2. The summed E-state index contributed by atoms with van der Waals surface area (Å²) in [6, 6.07) is 12.7. The first kappa shape index (κ1) is 25.6. The highest BCUT2D eigenvalue weighted by Crippen LogP contribution is 2.31. The number of hydrogen-bond acceptors (Lipinski definition) is 7. The number of Topliss-reactive ketones (excluding diaryl/α,β-unsaturated/α-hetero) is 2. The number of imidazole rings is 1. The third-order valence-corrected chi connectivity index (χ3v) is 5.80. The summed E-state index contributed by atoms with van der Waals surface area (Å²) >= 11 is 0. The first-order valence-electron chi connectivity index (χ1n) is 11.6. The zero-order valence-electron chi connectivity index (χ0n) is 20.7. The molecule has 8 nitrogen and oxygen atoms in total. The van der Waals surface area contributed by atoms with Gasteiger partial charge in [0.15, 0.2) is 23.1 Å². The first-order chi connectivity index (χ1) is 17.9. The number of rotatable bonds is 11. The zero-order valence-corrected chi connectivity index (χ0v) is 20.7. The maximum Gasteiger partial charge on any atom is 0.181 e. The SMILES string of the molecule is COc1cc(C(=O)CCC(=O)c2ccc(OC)c(-c3ccc(F)c(C)c3)n2)ccc1OCc1cnc[nH]1. The van der Waals surface area contributed by atoms with Gasteiger partial charge in [-0.3, -0.25) is 9.59 Å². The number of carbonyl (C=O) groups excluding carboxylic acids is 2. The number of hydrogen-bond donors (Lipinski definition) is 1. The molecule has 2 aromatic carbocycles. The van der Waals surface area contributed by atoms with Crippen molar-refractivity contribution in [1.82, 2.24) is 15.0 Å². The fraction of sp³-hybridized carbons (Fsp3) is 0.214. The van der Waals surface area contributed by atoms with Crippen LogP contribution in [0.4, 0.5) is 4.39 Å². The van der Waals surface area contributed by atoms with Crippen LogP contribution in [0.2, 0.25) is 0 Å². The van der Waals surface area contributed by atoms with E-state index in [1.807, 2.05) is 0 Å². The average Bonchev–Trinajstić information content (AvgIpc) is 3.45. The number of nitrogens with one attached hydrogen (secondary N) is 1. The summed E-state index contributed by atoms with van der Waals surface area (Å²) < 4.78 is 30.2. The molecular weight excluding hydrogens is 477 g/mol. The minimum atomic E-state index is -0.331. The summed E-state index contributed by atoms with van der Waals surface area (Å²) in [4.78, 5) is 37.1. The van der Waals surface area contributed by atoms with E-state index in [1.165, 1.54) is 20.3 Å². The van der Waals surface area contributed by atoms with E-state index in [4.69, 9.17) is 14.2 Å². The molecule has 0 atom stereocenters. The van der Waals surface area contributed by atoms with Crippen molar-refractivity contribution < 1.29 is 28.2 Å². The van der Waals surface area contributed by atoms with Crippen molar-refractivity contribution in [2.24, 2.45) is 0 Å². The second-order valence-corrected chi connectivity index (χ2v) is 8.29. The van der Waals surface area contributed by atoms with Crippen molar-refractivity contribution in [3.8, 4) is 28.5 Å². The van der Waals surface area contributed by atoms with Gasteiger partial charge in [0.25, 0.3) is 0 Å². The van der Waals surface area contributed by atoms with Gasteiger partial charge in [0.2, 0.25) is 0 Å². The number of halogens is 1. The van der Waals surface area contributed by atoms with Crippen LogP contribution in [0.25, 0.3) is 11.3 Å². The Kier molecular flexibility index (Phi) is 7.92. The highest BCUT2D eigenvalue weighted by atomic mass is 19.1. The molecule has 0 bridgehead atoms. The maximum absolute atomic E-state index is 13.7. The Balaban J connectivity index is 1.44. The van der Waals surface area contributed by atoms with Gasteiger partial charge in [0, 0.05) is 24.0 Å². The molecule has 0 fully saturated rings. The third-order valence-electron chi connectivity index (χ3n) is 5.80. The number of carbonyl (C=O) groups is 2. The monoisotopic (exact) mass is 503 g/mol. The standard InChI is InChI=1S/C28H26FN3O5/c1-17-12-19(4-6-21(17)29)28-26(35-2)11-7-22(32-28)24(34)9-8-23(33)18-5-10-25(27(13-18)36-3)37-15-20-14-30-16-31-20/h4-7,10-14,16H,8-9,15H2,1-3H3,(H,30,31). The highest BCUT2D eigenvalue weighted by molar-refractivity contribution is 6.02. The van der Waals surface area contributed by atoms with E-state index < -0.39 is 0 Å². The van der Waals surface area contributed by atoms with Crippen molar-refractivity contribution in [3.63, 3.8) is 0 Å². The molecule has 0 aliphatic carbocycles. The van der Waals surface area contributed by atoms with Crippen LogP contribution in [-0.4, -0.2) is 40.7 Å². The number of aryl methyl sites for hydroxylation is 1. The molecule has 2 heterocycles. The quantitative estimate of drug-likeness (QED) is 0.275. The summed E-state index contributed by atoms with van der Waals surface area (Å²) in [6.07, 6.45) is 3.18. The molecule has 9 heteroatoms. The second kappa shape index (κ2) is 11.5. The second-order valence-electron chi connectivity index (χ2n) is 8.29. The molecular formula is C28H26FN3O5. The van der Waals surface area contributed by atoms with Crippen LogP contribution in [0.15, 0.2) is 61.1 Å². The molecule has 0 unspecified atom stereocenters. The lowest BCUT2D eigenvalue weighted by atomic mass is 10.0. The fourth-order valence-corrected chi connectivity index (χ4v) is 3.74. The molecule has 4 rings (SSSR count). The molecule has 0 aliphatic rings. The molecule has 0 amide bonds. The zero-order chi connectivity index (χ0) is 26.4. The number of H-pyrrole nitrogens is 1. The van der Waals surface area contributed by atoms with Gasteiger partial charge in [0.1, 0.15) is 29.6 Å². The Morgan fingerprint density at radius 1 is 0.919 bits per heavy atom. The smallest absolute Gasteiger partial charge is 0.181 e. The predicted octanol–water partition coefficient (Wildman–Crippen LogP) is 5.36. The first-order valence-corrected chi connectivity index (χ1v) is 11.6. The van der Waals surface area contributed by atoms with Crippen LogP contribution < -0.4 is 14.2 Å². The summed E-state index contributed by atoms with van der Waals surface area (Å²) in [7, 11) is 2.99. The van der Waals surface area contributed by atoms with E-state index in [0.29, 0.717) is 39.6 Å². The van der Waals surface area contributed by atoms with Crippen LogP contribution in [0.3, 0.4) is 0 Å². The van der Waals surface area contributed by atoms with Gasteiger partial charge < -0.3 is 19.2 Å². The Hall–Kier alpha value is -4.53.